The third-order valence-electron chi connectivity index (χ3n) is 3.18. The van der Waals surface area contributed by atoms with Crippen LogP contribution in [0, 0.1) is 5.92 Å². The quantitative estimate of drug-likeness (QED) is 0.730. The Morgan fingerprint density at radius 3 is 2.38 bits per heavy atom. The standard InChI is InChI=1S/C11H22O2/c1-3-4-11(12)9-5-7-10(13-2)8-6-9/h9-12H,3-8H2,1-2H3. The van der Waals surface area contributed by atoms with E-state index < -0.39 is 0 Å². The van der Waals surface area contributed by atoms with Gasteiger partial charge in [0.25, 0.3) is 0 Å². The van der Waals surface area contributed by atoms with E-state index in [1.807, 2.05) is 0 Å². The molecule has 1 fully saturated rings. The zero-order chi connectivity index (χ0) is 9.68. The van der Waals surface area contributed by atoms with Crippen LogP contribution in [0.3, 0.4) is 0 Å². The number of hydrogen-bond acceptors (Lipinski definition) is 2. The number of rotatable bonds is 4. The maximum absolute atomic E-state index is 9.79. The smallest absolute Gasteiger partial charge is 0.0571 e. The lowest BCUT2D eigenvalue weighted by atomic mass is 9.82. The van der Waals surface area contributed by atoms with E-state index in [0.717, 1.165) is 38.5 Å². The third kappa shape index (κ3) is 3.28. The first-order valence-corrected chi connectivity index (χ1v) is 5.48. The predicted octanol–water partition coefficient (Wildman–Crippen LogP) is 2.35. The van der Waals surface area contributed by atoms with Gasteiger partial charge in [-0.15, -0.1) is 0 Å². The van der Waals surface area contributed by atoms with Crippen molar-refractivity contribution in [2.45, 2.75) is 57.7 Å². The molecule has 2 heteroatoms. The summed E-state index contributed by atoms with van der Waals surface area (Å²) in [6.45, 7) is 2.13. The van der Waals surface area contributed by atoms with E-state index in [1.54, 1.807) is 7.11 Å². The van der Waals surface area contributed by atoms with Gasteiger partial charge in [0.1, 0.15) is 0 Å². The molecular formula is C11H22O2. The Hall–Kier alpha value is -0.0800. The molecule has 1 N–H and O–H groups in total. The van der Waals surface area contributed by atoms with Crippen molar-refractivity contribution >= 4 is 0 Å². The molecule has 1 aliphatic carbocycles. The van der Waals surface area contributed by atoms with Crippen LogP contribution < -0.4 is 0 Å². The van der Waals surface area contributed by atoms with Crippen LogP contribution in [0.15, 0.2) is 0 Å². The minimum atomic E-state index is -0.0668. The minimum Gasteiger partial charge on any atom is -0.393 e. The molecule has 0 amide bonds. The first-order valence-electron chi connectivity index (χ1n) is 5.48. The topological polar surface area (TPSA) is 29.5 Å². The maximum atomic E-state index is 9.79. The summed E-state index contributed by atoms with van der Waals surface area (Å²) in [6, 6.07) is 0. The first kappa shape index (κ1) is 11.0. The molecule has 0 aromatic carbocycles. The van der Waals surface area contributed by atoms with Gasteiger partial charge in [-0.1, -0.05) is 13.3 Å². The second kappa shape index (κ2) is 5.61. The van der Waals surface area contributed by atoms with E-state index in [4.69, 9.17) is 4.74 Å². The largest absolute Gasteiger partial charge is 0.393 e. The van der Waals surface area contributed by atoms with Crippen LogP contribution in [0.2, 0.25) is 0 Å². The fourth-order valence-corrected chi connectivity index (χ4v) is 2.24. The van der Waals surface area contributed by atoms with Gasteiger partial charge in [-0.25, -0.2) is 0 Å². The molecule has 1 unspecified atom stereocenters. The molecule has 2 nitrogen and oxygen atoms in total. The van der Waals surface area contributed by atoms with Crippen LogP contribution in [-0.2, 0) is 4.74 Å². The van der Waals surface area contributed by atoms with Gasteiger partial charge < -0.3 is 9.84 Å². The van der Waals surface area contributed by atoms with E-state index in [9.17, 15) is 5.11 Å². The highest BCUT2D eigenvalue weighted by Gasteiger charge is 2.25. The Morgan fingerprint density at radius 2 is 1.92 bits per heavy atom. The Balaban J connectivity index is 2.23. The lowest BCUT2D eigenvalue weighted by Crippen LogP contribution is -2.28. The number of aliphatic hydroxyl groups excluding tert-OH is 1. The molecule has 0 radical (unpaired) electrons. The molecule has 0 aliphatic heterocycles. The van der Waals surface area contributed by atoms with Gasteiger partial charge in [0, 0.05) is 7.11 Å². The van der Waals surface area contributed by atoms with Crippen LogP contribution in [0.5, 0.6) is 0 Å². The van der Waals surface area contributed by atoms with Crippen molar-refractivity contribution in [3.05, 3.63) is 0 Å². The van der Waals surface area contributed by atoms with Crippen molar-refractivity contribution in [3.8, 4) is 0 Å². The van der Waals surface area contributed by atoms with Crippen LogP contribution in [0.25, 0.3) is 0 Å². The summed E-state index contributed by atoms with van der Waals surface area (Å²) in [4.78, 5) is 0. The van der Waals surface area contributed by atoms with Gasteiger partial charge in [-0.2, -0.15) is 0 Å². The summed E-state index contributed by atoms with van der Waals surface area (Å²) >= 11 is 0. The number of hydrogen-bond donors (Lipinski definition) is 1. The first-order chi connectivity index (χ1) is 6.27. The van der Waals surface area contributed by atoms with Crippen molar-refractivity contribution in [2.75, 3.05) is 7.11 Å². The molecular weight excluding hydrogens is 164 g/mol. The van der Waals surface area contributed by atoms with Crippen LogP contribution in [-0.4, -0.2) is 24.4 Å². The average molecular weight is 186 g/mol. The van der Waals surface area contributed by atoms with Crippen molar-refractivity contribution in [3.63, 3.8) is 0 Å². The number of aliphatic hydroxyl groups is 1. The van der Waals surface area contributed by atoms with Gasteiger partial charge in [0.15, 0.2) is 0 Å². The minimum absolute atomic E-state index is 0.0668. The Kier molecular flexibility index (Phi) is 4.74. The Bertz CT molecular complexity index is 128. The summed E-state index contributed by atoms with van der Waals surface area (Å²) in [6.07, 6.45) is 6.96. The summed E-state index contributed by atoms with van der Waals surface area (Å²) < 4.78 is 5.30. The molecule has 0 heterocycles. The zero-order valence-corrected chi connectivity index (χ0v) is 8.83. The summed E-state index contributed by atoms with van der Waals surface area (Å²) in [5, 5.41) is 9.79. The van der Waals surface area contributed by atoms with Crippen LogP contribution in [0.1, 0.15) is 45.4 Å². The molecule has 0 spiro atoms. The lowest BCUT2D eigenvalue weighted by Gasteiger charge is -2.30. The molecule has 1 rings (SSSR count). The third-order valence-corrected chi connectivity index (χ3v) is 3.18. The molecule has 0 bridgehead atoms. The summed E-state index contributed by atoms with van der Waals surface area (Å²) in [7, 11) is 1.79. The lowest BCUT2D eigenvalue weighted by molar-refractivity contribution is 0.0163. The predicted molar refractivity (Wildman–Crippen MR) is 53.7 cm³/mol. The number of ether oxygens (including phenoxy) is 1. The molecule has 1 atom stereocenters. The second-order valence-electron chi connectivity index (χ2n) is 4.13. The van der Waals surface area contributed by atoms with Gasteiger partial charge in [0.2, 0.25) is 0 Å². The van der Waals surface area contributed by atoms with E-state index >= 15 is 0 Å². The maximum Gasteiger partial charge on any atom is 0.0571 e. The molecule has 1 aliphatic rings. The van der Waals surface area contributed by atoms with Crippen molar-refractivity contribution in [1.82, 2.24) is 0 Å². The highest BCUT2D eigenvalue weighted by Crippen LogP contribution is 2.29. The second-order valence-corrected chi connectivity index (χ2v) is 4.13. The monoisotopic (exact) mass is 186 g/mol. The van der Waals surface area contributed by atoms with E-state index in [-0.39, 0.29) is 6.10 Å². The van der Waals surface area contributed by atoms with E-state index in [2.05, 4.69) is 6.92 Å². The van der Waals surface area contributed by atoms with Crippen molar-refractivity contribution < 1.29 is 9.84 Å². The van der Waals surface area contributed by atoms with E-state index in [1.165, 1.54) is 0 Å². The normalized spacial score (nSPS) is 31.6. The average Bonchev–Trinajstić information content (AvgIpc) is 2.18. The number of methoxy groups -OCH3 is 1. The molecule has 0 saturated heterocycles. The molecule has 1 saturated carbocycles. The van der Waals surface area contributed by atoms with Crippen LogP contribution >= 0.6 is 0 Å². The van der Waals surface area contributed by atoms with Gasteiger partial charge in [-0.05, 0) is 38.0 Å². The molecule has 0 aromatic rings. The summed E-state index contributed by atoms with van der Waals surface area (Å²) in [5.74, 6) is 0.534. The summed E-state index contributed by atoms with van der Waals surface area (Å²) in [5.41, 5.74) is 0. The fraction of sp³-hybridized carbons (Fsp3) is 1.00. The fourth-order valence-electron chi connectivity index (χ4n) is 2.24. The molecule has 13 heavy (non-hydrogen) atoms. The Labute approximate surface area is 81.3 Å². The highest BCUT2D eigenvalue weighted by molar-refractivity contribution is 4.77. The van der Waals surface area contributed by atoms with Gasteiger partial charge in [0.05, 0.1) is 12.2 Å². The molecule has 78 valence electrons. The SMILES string of the molecule is CCCC(O)C1CCC(OC)CC1. The van der Waals surface area contributed by atoms with Crippen molar-refractivity contribution in [2.24, 2.45) is 5.92 Å². The Morgan fingerprint density at radius 1 is 1.31 bits per heavy atom. The zero-order valence-electron chi connectivity index (χ0n) is 8.83. The molecule has 0 aromatic heterocycles. The van der Waals surface area contributed by atoms with Crippen molar-refractivity contribution in [1.29, 1.82) is 0 Å². The van der Waals surface area contributed by atoms with E-state index in [0.29, 0.717) is 12.0 Å². The van der Waals surface area contributed by atoms with Gasteiger partial charge in [-0.3, -0.25) is 0 Å². The van der Waals surface area contributed by atoms with Crippen LogP contribution in [0.4, 0.5) is 0 Å². The highest BCUT2D eigenvalue weighted by atomic mass is 16.5. The van der Waals surface area contributed by atoms with Gasteiger partial charge >= 0.3 is 0 Å².